The molecule has 0 saturated carbocycles. The van der Waals surface area contributed by atoms with Crippen LogP contribution in [0.4, 0.5) is 4.79 Å². The summed E-state index contributed by atoms with van der Waals surface area (Å²) in [6, 6.07) is 14.1. The monoisotopic (exact) mass is 288 g/mol. The zero-order valence-electron chi connectivity index (χ0n) is 12.0. The molecule has 0 spiro atoms. The first-order valence-electron chi connectivity index (χ1n) is 6.71. The molecule has 2 amide bonds. The van der Waals surface area contributed by atoms with Gasteiger partial charge in [-0.2, -0.15) is 0 Å². The number of rotatable bonds is 4. The van der Waals surface area contributed by atoms with Crippen molar-refractivity contribution in [1.29, 1.82) is 0 Å². The summed E-state index contributed by atoms with van der Waals surface area (Å²) in [5.74, 6) is 0. The fourth-order valence-electron chi connectivity index (χ4n) is 2.01. The fourth-order valence-corrected chi connectivity index (χ4v) is 2.83. The highest BCUT2D eigenvalue weighted by Gasteiger charge is 2.19. The third kappa shape index (κ3) is 3.39. The molecule has 1 N–H and O–H groups in total. The van der Waals surface area contributed by atoms with Crippen molar-refractivity contribution in [2.45, 2.75) is 25.9 Å². The Hall–Kier alpha value is -1.81. The standard InChI is InChI=1S/C16H20N2OS/c1-12(14-8-5-4-6-9-14)17-16(19)18(3)13(2)15-10-7-11-20-15/h4-13H,1-3H3,(H,17,19). The van der Waals surface area contributed by atoms with Gasteiger partial charge in [0, 0.05) is 11.9 Å². The number of nitrogens with zero attached hydrogens (tertiary/aromatic N) is 1. The summed E-state index contributed by atoms with van der Waals surface area (Å²) in [6.45, 7) is 4.04. The summed E-state index contributed by atoms with van der Waals surface area (Å²) in [5, 5.41) is 5.06. The molecule has 2 rings (SSSR count). The Morgan fingerprint density at radius 2 is 1.85 bits per heavy atom. The van der Waals surface area contributed by atoms with Crippen LogP contribution in [-0.4, -0.2) is 18.0 Å². The number of amides is 2. The van der Waals surface area contributed by atoms with Gasteiger partial charge in [0.15, 0.2) is 0 Å². The van der Waals surface area contributed by atoms with Crippen molar-refractivity contribution in [1.82, 2.24) is 10.2 Å². The van der Waals surface area contributed by atoms with Gasteiger partial charge in [0.2, 0.25) is 0 Å². The second-order valence-corrected chi connectivity index (χ2v) is 5.86. The maximum Gasteiger partial charge on any atom is 0.318 e. The minimum atomic E-state index is -0.0535. The number of hydrogen-bond acceptors (Lipinski definition) is 2. The van der Waals surface area contributed by atoms with Crippen LogP contribution in [0, 0.1) is 0 Å². The molecule has 3 nitrogen and oxygen atoms in total. The molecule has 0 radical (unpaired) electrons. The molecule has 0 fully saturated rings. The van der Waals surface area contributed by atoms with Gasteiger partial charge < -0.3 is 10.2 Å². The first-order chi connectivity index (χ1) is 9.59. The number of carbonyl (C=O) groups excluding carboxylic acids is 1. The van der Waals surface area contributed by atoms with Crippen molar-refractivity contribution < 1.29 is 4.79 Å². The van der Waals surface area contributed by atoms with Crippen LogP contribution in [-0.2, 0) is 0 Å². The topological polar surface area (TPSA) is 32.3 Å². The van der Waals surface area contributed by atoms with Crippen LogP contribution in [0.1, 0.15) is 36.4 Å². The molecule has 1 heterocycles. The van der Waals surface area contributed by atoms with Crippen molar-refractivity contribution in [2.75, 3.05) is 7.05 Å². The highest BCUT2D eigenvalue weighted by Crippen LogP contribution is 2.23. The van der Waals surface area contributed by atoms with Crippen molar-refractivity contribution >= 4 is 17.4 Å². The smallest absolute Gasteiger partial charge is 0.318 e. The lowest BCUT2D eigenvalue weighted by Gasteiger charge is -2.26. The van der Waals surface area contributed by atoms with E-state index in [4.69, 9.17) is 0 Å². The summed E-state index contributed by atoms with van der Waals surface area (Å²) in [5.41, 5.74) is 1.11. The number of thiophene rings is 1. The van der Waals surface area contributed by atoms with E-state index in [2.05, 4.69) is 11.4 Å². The van der Waals surface area contributed by atoms with Gasteiger partial charge in [-0.25, -0.2) is 4.79 Å². The highest BCUT2D eigenvalue weighted by molar-refractivity contribution is 7.10. The Morgan fingerprint density at radius 1 is 1.15 bits per heavy atom. The molecule has 4 heteroatoms. The fraction of sp³-hybridized carbons (Fsp3) is 0.312. The highest BCUT2D eigenvalue weighted by atomic mass is 32.1. The number of nitrogens with one attached hydrogen (secondary N) is 1. The van der Waals surface area contributed by atoms with Gasteiger partial charge in [0.1, 0.15) is 0 Å². The molecular weight excluding hydrogens is 268 g/mol. The molecular formula is C16H20N2OS. The van der Waals surface area contributed by atoms with Crippen molar-refractivity contribution in [2.24, 2.45) is 0 Å². The van der Waals surface area contributed by atoms with Crippen LogP contribution in [0.25, 0.3) is 0 Å². The van der Waals surface area contributed by atoms with E-state index in [1.807, 2.05) is 62.7 Å². The lowest BCUT2D eigenvalue weighted by atomic mass is 10.1. The van der Waals surface area contributed by atoms with Gasteiger partial charge >= 0.3 is 6.03 Å². The van der Waals surface area contributed by atoms with E-state index in [1.165, 1.54) is 4.88 Å². The van der Waals surface area contributed by atoms with E-state index in [0.29, 0.717) is 0 Å². The Balaban J connectivity index is 1.98. The van der Waals surface area contributed by atoms with Crippen LogP contribution in [0.5, 0.6) is 0 Å². The average Bonchev–Trinajstić information content (AvgIpc) is 3.00. The van der Waals surface area contributed by atoms with E-state index in [9.17, 15) is 4.79 Å². The van der Waals surface area contributed by atoms with Crippen molar-refractivity contribution in [3.05, 3.63) is 58.3 Å². The van der Waals surface area contributed by atoms with E-state index < -0.39 is 0 Å². The minimum absolute atomic E-state index is 0.00156. The number of benzene rings is 1. The molecule has 2 unspecified atom stereocenters. The van der Waals surface area contributed by atoms with Crippen LogP contribution in [0.3, 0.4) is 0 Å². The van der Waals surface area contributed by atoms with Gasteiger partial charge in [-0.05, 0) is 30.9 Å². The molecule has 20 heavy (non-hydrogen) atoms. The Labute approximate surface area is 124 Å². The van der Waals surface area contributed by atoms with E-state index in [-0.39, 0.29) is 18.1 Å². The summed E-state index contributed by atoms with van der Waals surface area (Å²) in [6.07, 6.45) is 0. The first kappa shape index (κ1) is 14.6. The predicted molar refractivity (Wildman–Crippen MR) is 83.9 cm³/mol. The first-order valence-corrected chi connectivity index (χ1v) is 7.59. The van der Waals surface area contributed by atoms with E-state index in [0.717, 1.165) is 5.56 Å². The van der Waals surface area contributed by atoms with Crippen LogP contribution < -0.4 is 5.32 Å². The Morgan fingerprint density at radius 3 is 2.45 bits per heavy atom. The molecule has 106 valence electrons. The van der Waals surface area contributed by atoms with Gasteiger partial charge in [-0.15, -0.1) is 11.3 Å². The third-order valence-corrected chi connectivity index (χ3v) is 4.54. The summed E-state index contributed by atoms with van der Waals surface area (Å²) in [7, 11) is 1.83. The van der Waals surface area contributed by atoms with E-state index in [1.54, 1.807) is 16.2 Å². The molecule has 0 bridgehead atoms. The van der Waals surface area contributed by atoms with Crippen LogP contribution in [0.2, 0.25) is 0 Å². The molecule has 0 aliphatic heterocycles. The zero-order valence-corrected chi connectivity index (χ0v) is 12.9. The summed E-state index contributed by atoms with van der Waals surface area (Å²) >= 11 is 1.67. The van der Waals surface area contributed by atoms with Gasteiger partial charge in [-0.1, -0.05) is 36.4 Å². The summed E-state index contributed by atoms with van der Waals surface area (Å²) < 4.78 is 0. The average molecular weight is 288 g/mol. The molecule has 2 atom stereocenters. The Kier molecular flexibility index (Phi) is 4.79. The van der Waals surface area contributed by atoms with E-state index >= 15 is 0 Å². The molecule has 0 aliphatic rings. The summed E-state index contributed by atoms with van der Waals surface area (Å²) in [4.78, 5) is 15.2. The maximum atomic E-state index is 12.3. The molecule has 0 saturated heterocycles. The zero-order chi connectivity index (χ0) is 14.5. The van der Waals surface area contributed by atoms with Crippen LogP contribution >= 0.6 is 11.3 Å². The lowest BCUT2D eigenvalue weighted by molar-refractivity contribution is 0.192. The SMILES string of the molecule is CC(NC(=O)N(C)C(C)c1cccs1)c1ccccc1. The number of hydrogen-bond donors (Lipinski definition) is 1. The predicted octanol–water partition coefficient (Wildman–Crippen LogP) is 4.21. The second kappa shape index (κ2) is 6.57. The van der Waals surface area contributed by atoms with Crippen molar-refractivity contribution in [3.8, 4) is 0 Å². The molecule has 0 aliphatic carbocycles. The largest absolute Gasteiger partial charge is 0.331 e. The van der Waals surface area contributed by atoms with Gasteiger partial charge in [0.05, 0.1) is 12.1 Å². The second-order valence-electron chi connectivity index (χ2n) is 4.88. The molecule has 2 aromatic rings. The minimum Gasteiger partial charge on any atom is -0.331 e. The van der Waals surface area contributed by atoms with Crippen molar-refractivity contribution in [3.63, 3.8) is 0 Å². The lowest BCUT2D eigenvalue weighted by Crippen LogP contribution is -2.39. The number of carbonyl (C=O) groups is 1. The van der Waals surface area contributed by atoms with Crippen LogP contribution in [0.15, 0.2) is 47.8 Å². The maximum absolute atomic E-state index is 12.3. The third-order valence-electron chi connectivity index (χ3n) is 3.50. The normalized spacial score (nSPS) is 13.6. The van der Waals surface area contributed by atoms with Gasteiger partial charge in [0.25, 0.3) is 0 Å². The van der Waals surface area contributed by atoms with Gasteiger partial charge in [-0.3, -0.25) is 0 Å². The molecule has 1 aromatic carbocycles. The molecule has 1 aromatic heterocycles. The number of urea groups is 1. The Bertz CT molecular complexity index is 539. The quantitative estimate of drug-likeness (QED) is 0.898.